The van der Waals surface area contributed by atoms with Crippen LogP contribution in [0.25, 0.3) is 10.2 Å². The number of carbonyl (C=O) groups is 2. The van der Waals surface area contributed by atoms with Gasteiger partial charge in [-0.2, -0.15) is 0 Å². The second-order valence-corrected chi connectivity index (χ2v) is 10.1. The van der Waals surface area contributed by atoms with Crippen LogP contribution < -0.4 is 10.2 Å². The van der Waals surface area contributed by atoms with E-state index in [4.69, 9.17) is 0 Å². The smallest absolute Gasteiger partial charge is 0.275 e. The van der Waals surface area contributed by atoms with Crippen molar-refractivity contribution >= 4 is 39.1 Å². The first-order valence-corrected chi connectivity index (χ1v) is 12.3. The van der Waals surface area contributed by atoms with Gasteiger partial charge in [0.25, 0.3) is 5.91 Å². The Bertz CT molecular complexity index is 1160. The van der Waals surface area contributed by atoms with E-state index in [1.807, 2.05) is 22.1 Å². The number of hydrogen-bond donors (Lipinski definition) is 1. The molecule has 0 unspecified atom stereocenters. The van der Waals surface area contributed by atoms with Crippen LogP contribution in [0.5, 0.6) is 0 Å². The van der Waals surface area contributed by atoms with Gasteiger partial charge in [0, 0.05) is 11.7 Å². The molecule has 1 N–H and O–H groups in total. The molecular weight excluding hydrogens is 425 g/mol. The minimum atomic E-state index is -1.17. The largest absolute Gasteiger partial charge is 0.351 e. The zero-order valence-electron chi connectivity index (χ0n) is 18.3. The predicted octanol–water partition coefficient (Wildman–Crippen LogP) is 5.49. The summed E-state index contributed by atoms with van der Waals surface area (Å²) in [7, 11) is 0. The molecule has 5 nitrogen and oxygen atoms in total. The van der Waals surface area contributed by atoms with Gasteiger partial charge in [-0.1, -0.05) is 38.2 Å². The van der Waals surface area contributed by atoms with Crippen molar-refractivity contribution in [3.8, 4) is 0 Å². The highest BCUT2D eigenvalue weighted by Crippen LogP contribution is 2.37. The van der Waals surface area contributed by atoms with Crippen LogP contribution in [0.15, 0.2) is 41.8 Å². The van der Waals surface area contributed by atoms with E-state index in [1.165, 1.54) is 36.3 Å². The van der Waals surface area contributed by atoms with Crippen LogP contribution in [0.4, 0.5) is 10.1 Å². The summed E-state index contributed by atoms with van der Waals surface area (Å²) >= 11 is 1.57. The van der Waals surface area contributed by atoms with Crippen LogP contribution in [0, 0.1) is 5.82 Å². The van der Waals surface area contributed by atoms with Crippen LogP contribution in [-0.4, -0.2) is 28.0 Å². The number of carbonyl (C=O) groups excluding carboxylic acids is 2. The van der Waals surface area contributed by atoms with Gasteiger partial charge in [-0.25, -0.2) is 4.39 Å². The van der Waals surface area contributed by atoms with Crippen molar-refractivity contribution in [2.24, 2.45) is 0 Å². The molecule has 3 heterocycles. The molecule has 5 rings (SSSR count). The molecule has 0 bridgehead atoms. The molecule has 2 aliphatic rings. The van der Waals surface area contributed by atoms with Gasteiger partial charge >= 0.3 is 0 Å². The number of nitrogens with zero attached hydrogens (tertiary/aromatic N) is 2. The maximum atomic E-state index is 14.1. The molecule has 168 valence electrons. The molecule has 1 aliphatic heterocycles. The summed E-state index contributed by atoms with van der Waals surface area (Å²) in [6.45, 7) is 2.12. The first-order chi connectivity index (χ1) is 15.5. The zero-order valence-corrected chi connectivity index (χ0v) is 19.1. The third-order valence-electron chi connectivity index (χ3n) is 6.90. The summed E-state index contributed by atoms with van der Waals surface area (Å²) in [6, 6.07) is 9.93. The SMILES string of the molecule is C[C@]1(C(=O)NC2CCCCCCC2)Cn2c(cc3sccc32)C(=O)N1c1cccc(F)c1. The van der Waals surface area contributed by atoms with E-state index in [2.05, 4.69) is 5.32 Å². The molecule has 2 amide bonds. The highest BCUT2D eigenvalue weighted by Gasteiger charge is 2.49. The van der Waals surface area contributed by atoms with E-state index in [1.54, 1.807) is 30.4 Å². The molecule has 0 saturated heterocycles. The van der Waals surface area contributed by atoms with E-state index in [-0.39, 0.29) is 17.9 Å². The summed E-state index contributed by atoms with van der Waals surface area (Å²) in [6.07, 6.45) is 7.77. The van der Waals surface area contributed by atoms with Crippen molar-refractivity contribution in [2.45, 2.75) is 70.0 Å². The zero-order chi connectivity index (χ0) is 22.3. The molecule has 1 atom stereocenters. The fourth-order valence-corrected chi connectivity index (χ4v) is 6.00. The maximum Gasteiger partial charge on any atom is 0.275 e. The lowest BCUT2D eigenvalue weighted by Crippen LogP contribution is -2.65. The van der Waals surface area contributed by atoms with Gasteiger partial charge in [-0.3, -0.25) is 14.5 Å². The fraction of sp³-hybridized carbons (Fsp3) is 0.440. The number of amides is 2. The second kappa shape index (κ2) is 8.35. The van der Waals surface area contributed by atoms with Gasteiger partial charge in [-0.15, -0.1) is 11.3 Å². The van der Waals surface area contributed by atoms with Crippen LogP contribution in [0.2, 0.25) is 0 Å². The molecule has 32 heavy (non-hydrogen) atoms. The second-order valence-electron chi connectivity index (χ2n) is 9.20. The van der Waals surface area contributed by atoms with Crippen LogP contribution >= 0.6 is 11.3 Å². The molecule has 2 aromatic heterocycles. The van der Waals surface area contributed by atoms with E-state index < -0.39 is 11.4 Å². The Morgan fingerprint density at radius 1 is 1.12 bits per heavy atom. The molecule has 7 heteroatoms. The van der Waals surface area contributed by atoms with Crippen molar-refractivity contribution in [3.63, 3.8) is 0 Å². The number of thiophene rings is 1. The van der Waals surface area contributed by atoms with Crippen LogP contribution in [0.1, 0.15) is 62.4 Å². The summed E-state index contributed by atoms with van der Waals surface area (Å²) in [5.41, 5.74) is 0.726. The quantitative estimate of drug-likeness (QED) is 0.570. The van der Waals surface area contributed by atoms with Gasteiger partial charge in [0.05, 0.1) is 16.8 Å². The highest BCUT2D eigenvalue weighted by molar-refractivity contribution is 7.17. The number of aromatic nitrogens is 1. The topological polar surface area (TPSA) is 54.3 Å². The molecule has 0 radical (unpaired) electrons. The Labute approximate surface area is 191 Å². The summed E-state index contributed by atoms with van der Waals surface area (Å²) < 4.78 is 17.1. The van der Waals surface area contributed by atoms with E-state index in [0.29, 0.717) is 17.9 Å². The van der Waals surface area contributed by atoms with E-state index >= 15 is 0 Å². The van der Waals surface area contributed by atoms with Gasteiger partial charge in [0.15, 0.2) is 0 Å². The number of rotatable bonds is 3. The third-order valence-corrected chi connectivity index (χ3v) is 7.75. The van der Waals surface area contributed by atoms with Gasteiger partial charge < -0.3 is 9.88 Å². The van der Waals surface area contributed by atoms with Crippen molar-refractivity contribution < 1.29 is 14.0 Å². The van der Waals surface area contributed by atoms with Crippen molar-refractivity contribution in [3.05, 3.63) is 53.3 Å². The molecule has 1 aromatic carbocycles. The summed E-state index contributed by atoms with van der Waals surface area (Å²) in [4.78, 5) is 29.0. The third kappa shape index (κ3) is 3.62. The van der Waals surface area contributed by atoms with E-state index in [0.717, 1.165) is 35.9 Å². The van der Waals surface area contributed by atoms with Gasteiger partial charge in [0.1, 0.15) is 17.1 Å². The first kappa shape index (κ1) is 21.2. The van der Waals surface area contributed by atoms with Gasteiger partial charge in [-0.05, 0) is 55.5 Å². The molecular formula is C25H28FN3O2S. The Hall–Kier alpha value is -2.67. The van der Waals surface area contributed by atoms with Crippen molar-refractivity contribution in [1.82, 2.24) is 9.88 Å². The predicted molar refractivity (Wildman–Crippen MR) is 126 cm³/mol. The molecule has 1 fully saturated rings. The first-order valence-electron chi connectivity index (χ1n) is 11.5. The monoisotopic (exact) mass is 453 g/mol. The van der Waals surface area contributed by atoms with Crippen molar-refractivity contribution in [2.75, 3.05) is 4.90 Å². The van der Waals surface area contributed by atoms with Gasteiger partial charge in [0.2, 0.25) is 5.91 Å². The Morgan fingerprint density at radius 3 is 2.62 bits per heavy atom. The number of anilines is 1. The molecule has 1 aliphatic carbocycles. The number of nitrogens with one attached hydrogen (secondary N) is 1. The molecule has 1 saturated carbocycles. The van der Waals surface area contributed by atoms with Crippen LogP contribution in [-0.2, 0) is 11.3 Å². The fourth-order valence-electron chi connectivity index (χ4n) is 5.17. The number of halogens is 1. The number of fused-ring (bicyclic) bond motifs is 3. The summed E-state index contributed by atoms with van der Waals surface area (Å²) in [5.74, 6) is -0.885. The average Bonchev–Trinajstić information content (AvgIpc) is 3.32. The average molecular weight is 454 g/mol. The lowest BCUT2D eigenvalue weighted by molar-refractivity contribution is -0.127. The van der Waals surface area contributed by atoms with E-state index in [9.17, 15) is 14.0 Å². The summed E-state index contributed by atoms with van der Waals surface area (Å²) in [5, 5.41) is 5.25. The van der Waals surface area contributed by atoms with Crippen molar-refractivity contribution in [1.29, 1.82) is 0 Å². The lowest BCUT2D eigenvalue weighted by atomic mass is 9.91. The lowest BCUT2D eigenvalue weighted by Gasteiger charge is -2.44. The minimum absolute atomic E-state index is 0.108. The normalized spacial score (nSPS) is 22.4. The molecule has 3 aromatic rings. The standard InChI is InChI=1S/C25H28FN3O2S/c1-25(24(31)27-18-9-5-3-2-4-6-10-18)16-28-20-12-13-32-22(20)15-21(28)23(30)29(25)19-11-7-8-17(26)14-19/h7-8,11-15,18H,2-6,9-10,16H2,1H3,(H,27,31)/t25-/m1/s1. The highest BCUT2D eigenvalue weighted by atomic mass is 32.1. The molecule has 0 spiro atoms. The minimum Gasteiger partial charge on any atom is -0.351 e. The Balaban J connectivity index is 1.55. The number of benzene rings is 1. The maximum absolute atomic E-state index is 14.1. The Kier molecular flexibility index (Phi) is 5.53. The Morgan fingerprint density at radius 2 is 1.88 bits per heavy atom. The van der Waals surface area contributed by atoms with Crippen LogP contribution in [0.3, 0.4) is 0 Å². The number of hydrogen-bond acceptors (Lipinski definition) is 3.